The summed E-state index contributed by atoms with van der Waals surface area (Å²) in [5.41, 5.74) is 8.45. The fourth-order valence-corrected chi connectivity index (χ4v) is 1.75. The average molecular weight is 306 g/mol. The number of anilines is 2. The van der Waals surface area contributed by atoms with Gasteiger partial charge in [-0.25, -0.2) is 0 Å². The lowest BCUT2D eigenvalue weighted by molar-refractivity contribution is 0.102. The lowest BCUT2D eigenvalue weighted by Crippen LogP contribution is -2.12. The van der Waals surface area contributed by atoms with Gasteiger partial charge < -0.3 is 11.1 Å². The fraction of sp³-hybridized carbons (Fsp3) is 0.0769. The van der Waals surface area contributed by atoms with Crippen LogP contribution >= 0.6 is 15.9 Å². The Bertz CT molecular complexity index is 599. The lowest BCUT2D eigenvalue weighted by Gasteiger charge is -2.07. The van der Waals surface area contributed by atoms with Gasteiger partial charge in [-0.2, -0.15) is 0 Å². The van der Waals surface area contributed by atoms with Gasteiger partial charge in [0.1, 0.15) is 0 Å². The first-order valence-electron chi connectivity index (χ1n) is 5.34. The molecule has 0 fully saturated rings. The maximum atomic E-state index is 12.0. The van der Waals surface area contributed by atoms with Crippen molar-refractivity contribution in [3.63, 3.8) is 0 Å². The van der Waals surface area contributed by atoms with Gasteiger partial charge in [0.15, 0.2) is 0 Å². The molecular formula is C13H12BrN3O. The second kappa shape index (κ2) is 5.18. The van der Waals surface area contributed by atoms with E-state index in [0.29, 0.717) is 16.9 Å². The van der Waals surface area contributed by atoms with Gasteiger partial charge in [-0.3, -0.25) is 9.78 Å². The number of hydrogen-bond acceptors (Lipinski definition) is 3. The number of amides is 1. The number of nitrogens with two attached hydrogens (primary N) is 1. The van der Waals surface area contributed by atoms with Crippen molar-refractivity contribution in [3.05, 3.63) is 52.3 Å². The number of nitrogen functional groups attached to an aromatic ring is 1. The molecule has 3 N–H and O–H groups in total. The molecule has 1 amide bonds. The van der Waals surface area contributed by atoms with E-state index in [4.69, 9.17) is 5.73 Å². The summed E-state index contributed by atoms with van der Waals surface area (Å²) in [5, 5.41) is 2.77. The Kier molecular flexibility index (Phi) is 3.62. The largest absolute Gasteiger partial charge is 0.398 e. The molecule has 0 saturated carbocycles. The van der Waals surface area contributed by atoms with E-state index in [0.717, 1.165) is 10.0 Å². The third kappa shape index (κ3) is 2.87. The molecular weight excluding hydrogens is 294 g/mol. The SMILES string of the molecule is Cc1cncc(C(=O)Nc2ccc(Br)c(N)c2)c1. The summed E-state index contributed by atoms with van der Waals surface area (Å²) in [4.78, 5) is 15.9. The van der Waals surface area contributed by atoms with E-state index in [9.17, 15) is 4.79 Å². The molecule has 0 bridgehead atoms. The van der Waals surface area contributed by atoms with Crippen LogP contribution in [-0.4, -0.2) is 10.9 Å². The lowest BCUT2D eigenvalue weighted by atomic mass is 10.2. The van der Waals surface area contributed by atoms with Crippen LogP contribution in [0.3, 0.4) is 0 Å². The molecule has 0 spiro atoms. The van der Waals surface area contributed by atoms with E-state index in [2.05, 4.69) is 26.2 Å². The van der Waals surface area contributed by atoms with Crippen LogP contribution in [0.5, 0.6) is 0 Å². The van der Waals surface area contributed by atoms with Crippen LogP contribution in [-0.2, 0) is 0 Å². The molecule has 0 aliphatic heterocycles. The smallest absolute Gasteiger partial charge is 0.257 e. The quantitative estimate of drug-likeness (QED) is 0.838. The summed E-state index contributed by atoms with van der Waals surface area (Å²) >= 11 is 3.30. The van der Waals surface area contributed by atoms with Crippen molar-refractivity contribution >= 4 is 33.2 Å². The zero-order valence-electron chi connectivity index (χ0n) is 9.77. The molecule has 5 heteroatoms. The van der Waals surface area contributed by atoms with Gasteiger partial charge in [-0.05, 0) is 52.7 Å². The number of rotatable bonds is 2. The third-order valence-corrected chi connectivity index (χ3v) is 3.11. The first kappa shape index (κ1) is 12.6. The number of aromatic nitrogens is 1. The van der Waals surface area contributed by atoms with Gasteiger partial charge in [0.05, 0.1) is 5.56 Å². The van der Waals surface area contributed by atoms with Crippen LogP contribution in [0.25, 0.3) is 0 Å². The minimum atomic E-state index is -0.201. The maximum absolute atomic E-state index is 12.0. The Balaban J connectivity index is 2.18. The number of nitrogens with zero attached hydrogens (tertiary/aromatic N) is 1. The van der Waals surface area contributed by atoms with Gasteiger partial charge in [-0.1, -0.05) is 0 Å². The molecule has 0 aliphatic rings. The van der Waals surface area contributed by atoms with E-state index in [1.807, 2.05) is 6.92 Å². The van der Waals surface area contributed by atoms with Crippen molar-refractivity contribution in [3.8, 4) is 0 Å². The molecule has 0 radical (unpaired) electrons. The third-order valence-electron chi connectivity index (χ3n) is 2.39. The number of carbonyl (C=O) groups is 1. The molecule has 2 aromatic rings. The second-order valence-corrected chi connectivity index (χ2v) is 4.80. The van der Waals surface area contributed by atoms with E-state index in [1.54, 1.807) is 30.5 Å². The Morgan fingerprint density at radius 1 is 1.33 bits per heavy atom. The average Bonchev–Trinajstić information content (AvgIpc) is 2.34. The zero-order valence-corrected chi connectivity index (χ0v) is 11.4. The predicted octanol–water partition coefficient (Wildman–Crippen LogP) is 2.99. The van der Waals surface area contributed by atoms with Gasteiger partial charge in [0, 0.05) is 28.2 Å². The fourth-order valence-electron chi connectivity index (χ4n) is 1.50. The van der Waals surface area contributed by atoms with Crippen molar-refractivity contribution in [2.24, 2.45) is 0 Å². The van der Waals surface area contributed by atoms with Crippen LogP contribution in [0.4, 0.5) is 11.4 Å². The minimum Gasteiger partial charge on any atom is -0.398 e. The molecule has 0 saturated heterocycles. The molecule has 0 atom stereocenters. The van der Waals surface area contributed by atoms with Crippen molar-refractivity contribution in [2.45, 2.75) is 6.92 Å². The van der Waals surface area contributed by atoms with Crippen LogP contribution in [0.2, 0.25) is 0 Å². The van der Waals surface area contributed by atoms with Gasteiger partial charge >= 0.3 is 0 Å². The highest BCUT2D eigenvalue weighted by Crippen LogP contribution is 2.23. The Morgan fingerprint density at radius 3 is 2.78 bits per heavy atom. The van der Waals surface area contributed by atoms with Gasteiger partial charge in [0.25, 0.3) is 5.91 Å². The number of carbonyl (C=O) groups excluding carboxylic acids is 1. The minimum absolute atomic E-state index is 0.201. The normalized spacial score (nSPS) is 10.1. The van der Waals surface area contributed by atoms with E-state index in [-0.39, 0.29) is 5.91 Å². The predicted molar refractivity (Wildman–Crippen MR) is 75.5 cm³/mol. The molecule has 1 heterocycles. The molecule has 4 nitrogen and oxygen atoms in total. The van der Waals surface area contributed by atoms with Crippen molar-refractivity contribution < 1.29 is 4.79 Å². The second-order valence-electron chi connectivity index (χ2n) is 3.94. The summed E-state index contributed by atoms with van der Waals surface area (Å²) < 4.78 is 0.803. The highest BCUT2D eigenvalue weighted by Gasteiger charge is 2.07. The highest BCUT2D eigenvalue weighted by atomic mass is 79.9. The Hall–Kier alpha value is -1.88. The standard InChI is InChI=1S/C13H12BrN3O/c1-8-4-9(7-16-6-8)13(18)17-10-2-3-11(14)12(15)5-10/h2-7H,15H2,1H3,(H,17,18). The number of nitrogens with one attached hydrogen (secondary N) is 1. The highest BCUT2D eigenvalue weighted by molar-refractivity contribution is 9.10. The summed E-state index contributed by atoms with van der Waals surface area (Å²) in [5.74, 6) is -0.201. The van der Waals surface area contributed by atoms with Crippen molar-refractivity contribution in [2.75, 3.05) is 11.1 Å². The number of benzene rings is 1. The van der Waals surface area contributed by atoms with E-state index >= 15 is 0 Å². The van der Waals surface area contributed by atoms with Crippen molar-refractivity contribution in [1.82, 2.24) is 4.98 Å². The van der Waals surface area contributed by atoms with E-state index in [1.165, 1.54) is 6.20 Å². The monoisotopic (exact) mass is 305 g/mol. The van der Waals surface area contributed by atoms with Gasteiger partial charge in [0.2, 0.25) is 0 Å². The Morgan fingerprint density at radius 2 is 2.11 bits per heavy atom. The van der Waals surface area contributed by atoms with Crippen LogP contribution in [0.1, 0.15) is 15.9 Å². The summed E-state index contributed by atoms with van der Waals surface area (Å²) in [6, 6.07) is 7.05. The van der Waals surface area contributed by atoms with E-state index < -0.39 is 0 Å². The Labute approximate surface area is 113 Å². The molecule has 0 aliphatic carbocycles. The summed E-state index contributed by atoms with van der Waals surface area (Å²) in [7, 11) is 0. The molecule has 1 aromatic heterocycles. The number of hydrogen-bond donors (Lipinski definition) is 2. The van der Waals surface area contributed by atoms with Crippen LogP contribution in [0, 0.1) is 6.92 Å². The number of aryl methyl sites for hydroxylation is 1. The molecule has 2 rings (SSSR count). The van der Waals surface area contributed by atoms with Crippen molar-refractivity contribution in [1.29, 1.82) is 0 Å². The molecule has 92 valence electrons. The van der Waals surface area contributed by atoms with Gasteiger partial charge in [-0.15, -0.1) is 0 Å². The first-order chi connectivity index (χ1) is 8.56. The number of pyridine rings is 1. The number of halogens is 1. The van der Waals surface area contributed by atoms with Crippen LogP contribution < -0.4 is 11.1 Å². The maximum Gasteiger partial charge on any atom is 0.257 e. The summed E-state index contributed by atoms with van der Waals surface area (Å²) in [6.07, 6.45) is 3.24. The first-order valence-corrected chi connectivity index (χ1v) is 6.13. The molecule has 18 heavy (non-hydrogen) atoms. The zero-order chi connectivity index (χ0) is 13.1. The topological polar surface area (TPSA) is 68.0 Å². The van der Waals surface area contributed by atoms with Crippen LogP contribution in [0.15, 0.2) is 41.1 Å². The summed E-state index contributed by atoms with van der Waals surface area (Å²) in [6.45, 7) is 1.89. The molecule has 1 aromatic carbocycles. The molecule has 0 unspecified atom stereocenters.